The molecule has 13 rings (SSSR count). The first-order valence-electron chi connectivity index (χ1n) is 21.9. The molecule has 9 aromatic carbocycles. The third kappa shape index (κ3) is 6.02. The van der Waals surface area contributed by atoms with Crippen LogP contribution in [-0.2, 0) is 0 Å². The van der Waals surface area contributed by atoms with Gasteiger partial charge in [0.2, 0.25) is 0 Å². The molecule has 302 valence electrons. The number of thiophene rings is 1. The first kappa shape index (κ1) is 36.7. The number of hydrogen-bond donors (Lipinski definition) is 0. The van der Waals surface area contributed by atoms with Gasteiger partial charge in [0.15, 0.2) is 0 Å². The second-order valence-electron chi connectivity index (χ2n) is 16.7. The molecule has 2 aromatic heterocycles. The fraction of sp³-hybridized carbons (Fsp3) is 0.0333. The van der Waals surface area contributed by atoms with Crippen LogP contribution in [-0.4, -0.2) is 6.10 Å². The Labute approximate surface area is 374 Å². The van der Waals surface area contributed by atoms with Gasteiger partial charge < -0.3 is 14.1 Å². The Morgan fingerprint density at radius 1 is 0.438 bits per heavy atom. The molecular weight excluding hydrogens is 799 g/mol. The smallest absolute Gasteiger partial charge is 0.139 e. The molecule has 0 fully saturated rings. The number of nitrogens with zero attached hydrogens (tertiary/aromatic N) is 1. The van der Waals surface area contributed by atoms with Crippen molar-refractivity contribution in [3.8, 4) is 39.1 Å². The van der Waals surface area contributed by atoms with Crippen molar-refractivity contribution in [1.29, 1.82) is 0 Å². The molecule has 0 spiro atoms. The van der Waals surface area contributed by atoms with Crippen molar-refractivity contribution in [2.24, 2.45) is 0 Å². The van der Waals surface area contributed by atoms with E-state index >= 15 is 0 Å². The summed E-state index contributed by atoms with van der Waals surface area (Å²) < 4.78 is 16.1. The number of furan rings is 1. The molecule has 3 heterocycles. The first-order valence-corrected chi connectivity index (χ1v) is 22.7. The van der Waals surface area contributed by atoms with Gasteiger partial charge in [0.25, 0.3) is 0 Å². The quantitative estimate of drug-likeness (QED) is 0.160. The van der Waals surface area contributed by atoms with Crippen molar-refractivity contribution in [1.82, 2.24) is 0 Å². The van der Waals surface area contributed by atoms with E-state index in [1.165, 1.54) is 53.6 Å². The van der Waals surface area contributed by atoms with Crippen molar-refractivity contribution in [2.45, 2.75) is 12.0 Å². The molecule has 2 unspecified atom stereocenters. The Morgan fingerprint density at radius 3 is 1.75 bits per heavy atom. The molecule has 0 N–H and O–H groups in total. The van der Waals surface area contributed by atoms with E-state index in [1.807, 2.05) is 17.4 Å². The van der Waals surface area contributed by atoms with E-state index in [4.69, 9.17) is 9.15 Å². The van der Waals surface area contributed by atoms with Crippen LogP contribution >= 0.6 is 11.3 Å². The van der Waals surface area contributed by atoms with Crippen molar-refractivity contribution >= 4 is 71.2 Å². The summed E-state index contributed by atoms with van der Waals surface area (Å²) in [5.41, 5.74) is 15.7. The van der Waals surface area contributed by atoms with Crippen LogP contribution in [0, 0.1) is 0 Å². The predicted molar refractivity (Wildman–Crippen MR) is 266 cm³/mol. The average molecular weight is 838 g/mol. The molecule has 3 nitrogen and oxygen atoms in total. The fourth-order valence-electron chi connectivity index (χ4n) is 10.0. The molecule has 1 aliphatic carbocycles. The Kier molecular flexibility index (Phi) is 8.53. The normalized spacial score (nSPS) is 15.1. The van der Waals surface area contributed by atoms with Crippen LogP contribution in [0.25, 0.3) is 76.2 Å². The Morgan fingerprint density at radius 2 is 1.02 bits per heavy atom. The highest BCUT2D eigenvalue weighted by atomic mass is 32.1. The lowest BCUT2D eigenvalue weighted by atomic mass is 9.81. The van der Waals surface area contributed by atoms with Gasteiger partial charge in [-0.15, -0.1) is 11.3 Å². The largest absolute Gasteiger partial charge is 0.485 e. The highest BCUT2D eigenvalue weighted by Crippen LogP contribution is 2.47. The third-order valence-electron chi connectivity index (χ3n) is 13.1. The second-order valence-corrected chi connectivity index (χ2v) is 17.8. The summed E-state index contributed by atoms with van der Waals surface area (Å²) in [6.07, 6.45) is 2.16. The molecule has 0 radical (unpaired) electrons. The average Bonchev–Trinajstić information content (AvgIpc) is 4.06. The van der Waals surface area contributed by atoms with Gasteiger partial charge in [-0.25, -0.2) is 0 Å². The molecule has 0 amide bonds. The van der Waals surface area contributed by atoms with E-state index in [1.54, 1.807) is 0 Å². The lowest BCUT2D eigenvalue weighted by Gasteiger charge is -2.26. The van der Waals surface area contributed by atoms with Gasteiger partial charge in [-0.1, -0.05) is 158 Å². The number of rotatable bonds is 7. The van der Waals surface area contributed by atoms with Gasteiger partial charge >= 0.3 is 0 Å². The zero-order valence-corrected chi connectivity index (χ0v) is 35.5. The molecule has 4 heteroatoms. The van der Waals surface area contributed by atoms with Crippen LogP contribution in [0.5, 0.6) is 5.75 Å². The predicted octanol–water partition coefficient (Wildman–Crippen LogP) is 14.8. The third-order valence-corrected chi connectivity index (χ3v) is 14.3. The maximum atomic E-state index is 6.80. The Bertz CT molecular complexity index is 3680. The maximum absolute atomic E-state index is 6.80. The summed E-state index contributed by atoms with van der Waals surface area (Å²) in [5.74, 6) is 1.00. The molecule has 2 aliphatic rings. The van der Waals surface area contributed by atoms with Gasteiger partial charge in [0.05, 0.1) is 5.92 Å². The van der Waals surface area contributed by atoms with Crippen LogP contribution in [0.4, 0.5) is 17.1 Å². The summed E-state index contributed by atoms with van der Waals surface area (Å²) in [6, 6.07) is 78.5. The van der Waals surface area contributed by atoms with Gasteiger partial charge in [-0.3, -0.25) is 0 Å². The Balaban J connectivity index is 0.889. The lowest BCUT2D eigenvalue weighted by molar-refractivity contribution is 0.285. The van der Waals surface area contributed by atoms with Crippen molar-refractivity contribution < 1.29 is 9.15 Å². The second kappa shape index (κ2) is 14.9. The molecule has 2 atom stereocenters. The van der Waals surface area contributed by atoms with Crippen LogP contribution in [0.1, 0.15) is 17.0 Å². The topological polar surface area (TPSA) is 25.6 Å². The zero-order valence-electron chi connectivity index (χ0n) is 34.7. The van der Waals surface area contributed by atoms with E-state index in [9.17, 15) is 0 Å². The van der Waals surface area contributed by atoms with Gasteiger partial charge in [-0.05, 0) is 106 Å². The lowest BCUT2D eigenvalue weighted by Crippen LogP contribution is -2.36. The number of anilines is 3. The highest BCUT2D eigenvalue weighted by molar-refractivity contribution is 7.26. The van der Waals surface area contributed by atoms with Crippen molar-refractivity contribution in [2.75, 3.05) is 4.90 Å². The fourth-order valence-corrected chi connectivity index (χ4v) is 11.3. The van der Waals surface area contributed by atoms with Crippen molar-refractivity contribution in [3.63, 3.8) is 0 Å². The van der Waals surface area contributed by atoms with Gasteiger partial charge in [0.1, 0.15) is 22.9 Å². The van der Waals surface area contributed by atoms with Crippen LogP contribution in [0.15, 0.2) is 223 Å². The SMILES string of the molecule is C1=c2c(oc3ccc(-c4ccc(N(c5ccc(-c6ccccc6)cc5)c5ccc(-c6cccc7c6sc6ccccc67)cc5)cc4)cc23)=C(c2ccccc2)C2c3ccccc3OC12. The number of para-hydroxylation sites is 1. The van der Waals surface area contributed by atoms with E-state index in [0.29, 0.717) is 0 Å². The number of hydrogen-bond acceptors (Lipinski definition) is 4. The van der Waals surface area contributed by atoms with Gasteiger partial charge in [-0.2, -0.15) is 0 Å². The molecule has 0 saturated heterocycles. The number of ether oxygens (including phenoxy) is 1. The summed E-state index contributed by atoms with van der Waals surface area (Å²) in [7, 11) is 0. The first-order chi connectivity index (χ1) is 31.7. The molecule has 0 bridgehead atoms. The number of fused-ring (bicyclic) bond motifs is 9. The minimum atomic E-state index is -0.116. The highest BCUT2D eigenvalue weighted by Gasteiger charge is 2.39. The molecular formula is C60H39NO2S. The van der Waals surface area contributed by atoms with Gasteiger partial charge in [0, 0.05) is 59.0 Å². The maximum Gasteiger partial charge on any atom is 0.139 e. The summed E-state index contributed by atoms with van der Waals surface area (Å²) >= 11 is 1.87. The zero-order chi connectivity index (χ0) is 42.1. The molecule has 64 heavy (non-hydrogen) atoms. The van der Waals surface area contributed by atoms with Crippen LogP contribution < -0.4 is 20.3 Å². The minimum absolute atomic E-state index is 0.0586. The monoisotopic (exact) mass is 837 g/mol. The van der Waals surface area contributed by atoms with E-state index in [2.05, 4.69) is 223 Å². The summed E-state index contributed by atoms with van der Waals surface area (Å²) in [5, 5.41) is 4.81. The van der Waals surface area contributed by atoms with E-state index < -0.39 is 0 Å². The van der Waals surface area contributed by atoms with E-state index in [-0.39, 0.29) is 12.0 Å². The Hall–Kier alpha value is -7.92. The molecule has 0 saturated carbocycles. The summed E-state index contributed by atoms with van der Waals surface area (Å²) in [6.45, 7) is 0. The molecule has 1 aliphatic heterocycles. The number of benzene rings is 9. The molecule has 11 aromatic rings. The van der Waals surface area contributed by atoms with Crippen LogP contribution in [0.3, 0.4) is 0 Å². The van der Waals surface area contributed by atoms with Crippen molar-refractivity contribution in [3.05, 3.63) is 240 Å². The van der Waals surface area contributed by atoms with E-state index in [0.717, 1.165) is 61.1 Å². The summed E-state index contributed by atoms with van der Waals surface area (Å²) in [4.78, 5) is 2.35. The minimum Gasteiger partial charge on any atom is -0.485 e. The standard InChI is InChI=1S/C60H39NO2S/c1-3-12-38(13-4-1)39-22-29-44(30-23-39)61(46-33-26-41(27-34-46)47-18-11-19-49-48-16-8-10-21-56(48)64-60(47)49)45-31-24-40(25-32-45)43-28-35-54-51(36-43)52-37-55-58(50-17-7-9-20-53(50)62-55)57(59(52)63-54)42-14-5-2-6-15-42/h1-37,55,58H. The van der Waals surface area contributed by atoms with Crippen LogP contribution in [0.2, 0.25) is 0 Å².